The van der Waals surface area contributed by atoms with Gasteiger partial charge in [-0.1, -0.05) is 18.2 Å². The first-order valence-electron chi connectivity index (χ1n) is 8.27. The van der Waals surface area contributed by atoms with Crippen molar-refractivity contribution < 1.29 is 22.8 Å². The molecule has 0 radical (unpaired) electrons. The molecule has 5 nitrogen and oxygen atoms in total. The van der Waals surface area contributed by atoms with Gasteiger partial charge in [-0.05, 0) is 44.2 Å². The summed E-state index contributed by atoms with van der Waals surface area (Å²) in [5.74, 6) is -0.314. The van der Waals surface area contributed by atoms with E-state index in [2.05, 4.69) is 16.0 Å². The predicted molar refractivity (Wildman–Crippen MR) is 84.7 cm³/mol. The molecule has 1 aliphatic carbocycles. The monoisotopic (exact) mass is 355 g/mol. The van der Waals surface area contributed by atoms with E-state index in [-0.39, 0.29) is 17.5 Å². The highest BCUT2D eigenvalue weighted by Crippen LogP contribution is 2.36. The molecular formula is C17H20F3N3O2. The first-order chi connectivity index (χ1) is 11.7. The Morgan fingerprint density at radius 2 is 1.84 bits per heavy atom. The minimum atomic E-state index is -4.39. The molecule has 1 saturated carbocycles. The van der Waals surface area contributed by atoms with Crippen molar-refractivity contribution >= 4 is 11.9 Å². The normalized spacial score (nSPS) is 27.9. The van der Waals surface area contributed by atoms with Crippen LogP contribution < -0.4 is 16.0 Å². The van der Waals surface area contributed by atoms with Crippen LogP contribution in [-0.4, -0.2) is 23.5 Å². The van der Waals surface area contributed by atoms with Crippen LogP contribution in [0.1, 0.15) is 49.8 Å². The van der Waals surface area contributed by atoms with Gasteiger partial charge in [-0.25, -0.2) is 4.79 Å². The summed E-state index contributed by atoms with van der Waals surface area (Å²) in [5, 5.41) is 8.16. The first-order valence-corrected chi connectivity index (χ1v) is 8.27. The van der Waals surface area contributed by atoms with Gasteiger partial charge in [0, 0.05) is 12.1 Å². The minimum absolute atomic E-state index is 0.00721. The second-order valence-corrected chi connectivity index (χ2v) is 6.74. The van der Waals surface area contributed by atoms with Crippen molar-refractivity contribution in [1.29, 1.82) is 0 Å². The molecule has 3 amide bonds. The maximum absolute atomic E-state index is 13.2. The SMILES string of the molecule is CC(NC1CCC2(CC1)NC(=O)NC2=O)c1ccccc1C(F)(F)F. The molecule has 3 rings (SSSR count). The molecule has 1 aromatic carbocycles. The van der Waals surface area contributed by atoms with E-state index < -0.39 is 29.4 Å². The van der Waals surface area contributed by atoms with Gasteiger partial charge in [-0.15, -0.1) is 0 Å². The molecule has 3 N–H and O–H groups in total. The van der Waals surface area contributed by atoms with Gasteiger partial charge >= 0.3 is 12.2 Å². The van der Waals surface area contributed by atoms with Gasteiger partial charge in [0.15, 0.2) is 0 Å². The van der Waals surface area contributed by atoms with Gasteiger partial charge in [0.05, 0.1) is 5.56 Å². The fourth-order valence-corrected chi connectivity index (χ4v) is 3.73. The van der Waals surface area contributed by atoms with Crippen LogP contribution in [0.15, 0.2) is 24.3 Å². The average molecular weight is 355 g/mol. The predicted octanol–water partition coefficient (Wildman–Crippen LogP) is 2.88. The van der Waals surface area contributed by atoms with Crippen LogP contribution in [0.5, 0.6) is 0 Å². The topological polar surface area (TPSA) is 70.2 Å². The highest BCUT2D eigenvalue weighted by Gasteiger charge is 2.48. The number of halogens is 3. The van der Waals surface area contributed by atoms with Gasteiger partial charge in [-0.3, -0.25) is 10.1 Å². The number of rotatable bonds is 3. The van der Waals surface area contributed by atoms with Gasteiger partial charge < -0.3 is 10.6 Å². The number of imide groups is 1. The Morgan fingerprint density at radius 1 is 1.20 bits per heavy atom. The van der Waals surface area contributed by atoms with Gasteiger partial charge in [0.25, 0.3) is 5.91 Å². The van der Waals surface area contributed by atoms with E-state index in [0.717, 1.165) is 6.07 Å². The molecule has 25 heavy (non-hydrogen) atoms. The number of carbonyl (C=O) groups is 2. The van der Waals surface area contributed by atoms with Crippen LogP contribution in [0.3, 0.4) is 0 Å². The molecule has 1 spiro atoms. The Labute approximate surface area is 143 Å². The number of amides is 3. The summed E-state index contributed by atoms with van der Waals surface area (Å²) in [5.41, 5.74) is -1.28. The zero-order valence-electron chi connectivity index (χ0n) is 13.7. The van der Waals surface area contributed by atoms with E-state index in [1.54, 1.807) is 13.0 Å². The highest BCUT2D eigenvalue weighted by molar-refractivity contribution is 6.07. The zero-order valence-corrected chi connectivity index (χ0v) is 13.7. The first kappa shape index (κ1) is 17.7. The average Bonchev–Trinajstić information content (AvgIpc) is 2.82. The van der Waals surface area contributed by atoms with Gasteiger partial charge in [-0.2, -0.15) is 13.2 Å². The smallest absolute Gasteiger partial charge is 0.323 e. The molecule has 1 saturated heterocycles. The molecule has 1 aromatic rings. The molecule has 1 atom stereocenters. The van der Waals surface area contributed by atoms with Gasteiger partial charge in [0.1, 0.15) is 5.54 Å². The van der Waals surface area contributed by atoms with Crippen molar-refractivity contribution in [3.8, 4) is 0 Å². The standard InChI is InChI=1S/C17H20F3N3O2/c1-10(12-4-2-3-5-13(12)17(18,19)20)21-11-6-8-16(9-7-11)14(24)22-15(25)23-16/h2-5,10-11,21H,6-9H2,1H3,(H2,22,23,24,25). The fraction of sp³-hybridized carbons (Fsp3) is 0.529. The van der Waals surface area contributed by atoms with Crippen molar-refractivity contribution in [2.45, 2.75) is 56.4 Å². The van der Waals surface area contributed by atoms with E-state index in [1.807, 2.05) is 0 Å². The van der Waals surface area contributed by atoms with Crippen LogP contribution >= 0.6 is 0 Å². The van der Waals surface area contributed by atoms with E-state index in [9.17, 15) is 22.8 Å². The Morgan fingerprint density at radius 3 is 2.40 bits per heavy atom. The Balaban J connectivity index is 1.65. The Hall–Kier alpha value is -2.09. The summed E-state index contributed by atoms with van der Waals surface area (Å²) in [6, 6.07) is 4.58. The molecule has 2 fully saturated rings. The highest BCUT2D eigenvalue weighted by atomic mass is 19.4. The molecule has 1 unspecified atom stereocenters. The van der Waals surface area contributed by atoms with E-state index in [0.29, 0.717) is 25.7 Å². The van der Waals surface area contributed by atoms with Crippen LogP contribution in [0.25, 0.3) is 0 Å². The van der Waals surface area contributed by atoms with E-state index in [1.165, 1.54) is 12.1 Å². The molecule has 8 heteroatoms. The van der Waals surface area contributed by atoms with Crippen LogP contribution in [0.2, 0.25) is 0 Å². The maximum Gasteiger partial charge on any atom is 0.416 e. The van der Waals surface area contributed by atoms with Crippen molar-refractivity contribution in [3.05, 3.63) is 35.4 Å². The third-order valence-corrected chi connectivity index (χ3v) is 5.07. The van der Waals surface area contributed by atoms with Crippen LogP contribution in [0.4, 0.5) is 18.0 Å². The number of urea groups is 1. The number of hydrogen-bond donors (Lipinski definition) is 3. The number of hydrogen-bond acceptors (Lipinski definition) is 3. The molecule has 136 valence electrons. The molecule has 2 aliphatic rings. The van der Waals surface area contributed by atoms with Crippen molar-refractivity contribution in [3.63, 3.8) is 0 Å². The number of nitrogens with one attached hydrogen (secondary N) is 3. The van der Waals surface area contributed by atoms with Crippen molar-refractivity contribution in [2.24, 2.45) is 0 Å². The second-order valence-electron chi connectivity index (χ2n) is 6.74. The summed E-state index contributed by atoms with van der Waals surface area (Å²) < 4.78 is 39.5. The minimum Gasteiger partial charge on any atom is -0.323 e. The zero-order chi connectivity index (χ0) is 18.2. The van der Waals surface area contributed by atoms with E-state index >= 15 is 0 Å². The third kappa shape index (κ3) is 3.49. The second kappa shape index (κ2) is 6.33. The quantitative estimate of drug-likeness (QED) is 0.730. The fourth-order valence-electron chi connectivity index (χ4n) is 3.73. The molecular weight excluding hydrogens is 335 g/mol. The molecule has 0 bridgehead atoms. The van der Waals surface area contributed by atoms with Crippen molar-refractivity contribution in [1.82, 2.24) is 16.0 Å². The lowest BCUT2D eigenvalue weighted by atomic mass is 9.79. The van der Waals surface area contributed by atoms with Crippen molar-refractivity contribution in [2.75, 3.05) is 0 Å². The molecule has 1 aliphatic heterocycles. The Kier molecular flexibility index (Phi) is 4.49. The van der Waals surface area contributed by atoms with Crippen LogP contribution in [0, 0.1) is 0 Å². The van der Waals surface area contributed by atoms with Gasteiger partial charge in [0.2, 0.25) is 0 Å². The maximum atomic E-state index is 13.2. The lowest BCUT2D eigenvalue weighted by molar-refractivity contribution is -0.138. The molecule has 1 heterocycles. The number of benzene rings is 1. The molecule has 0 aromatic heterocycles. The lowest BCUT2D eigenvalue weighted by Gasteiger charge is -2.36. The van der Waals surface area contributed by atoms with E-state index in [4.69, 9.17) is 0 Å². The third-order valence-electron chi connectivity index (χ3n) is 5.07. The van der Waals surface area contributed by atoms with Crippen LogP contribution in [-0.2, 0) is 11.0 Å². The number of alkyl halides is 3. The largest absolute Gasteiger partial charge is 0.416 e. The lowest BCUT2D eigenvalue weighted by Crippen LogP contribution is -2.52. The summed E-state index contributed by atoms with van der Waals surface area (Å²) in [4.78, 5) is 23.3. The Bertz CT molecular complexity index is 682. The summed E-state index contributed by atoms with van der Waals surface area (Å²) in [6.07, 6.45) is -2.25. The summed E-state index contributed by atoms with van der Waals surface area (Å²) >= 11 is 0. The number of carbonyl (C=O) groups excluding carboxylic acids is 2. The summed E-state index contributed by atoms with van der Waals surface area (Å²) in [6.45, 7) is 1.71. The summed E-state index contributed by atoms with van der Waals surface area (Å²) in [7, 11) is 0.